The van der Waals surface area contributed by atoms with Gasteiger partial charge in [-0.2, -0.15) is 11.3 Å². The lowest BCUT2D eigenvalue weighted by Crippen LogP contribution is -2.40. The van der Waals surface area contributed by atoms with Crippen molar-refractivity contribution in [1.29, 1.82) is 0 Å². The number of amides is 1. The van der Waals surface area contributed by atoms with Gasteiger partial charge >= 0.3 is 5.97 Å². The van der Waals surface area contributed by atoms with Gasteiger partial charge in [-0.25, -0.2) is 14.8 Å². The number of hydrogen-bond acceptors (Lipinski definition) is 5. The summed E-state index contributed by atoms with van der Waals surface area (Å²) in [5.74, 6) is -1.40. The van der Waals surface area contributed by atoms with Crippen LogP contribution in [0.3, 0.4) is 0 Å². The smallest absolute Gasteiger partial charge is 0.356 e. The van der Waals surface area contributed by atoms with E-state index in [1.54, 1.807) is 16.2 Å². The van der Waals surface area contributed by atoms with Crippen molar-refractivity contribution in [3.63, 3.8) is 0 Å². The molecule has 0 radical (unpaired) electrons. The van der Waals surface area contributed by atoms with Crippen LogP contribution in [0.4, 0.5) is 0 Å². The molecule has 1 amide bonds. The van der Waals surface area contributed by atoms with E-state index < -0.39 is 5.97 Å². The van der Waals surface area contributed by atoms with Crippen LogP contribution in [0, 0.1) is 0 Å². The highest BCUT2D eigenvalue weighted by Gasteiger charge is 2.22. The zero-order valence-corrected chi connectivity index (χ0v) is 13.2. The molecule has 0 aliphatic carbocycles. The van der Waals surface area contributed by atoms with E-state index in [1.165, 1.54) is 11.8 Å². The molecule has 0 saturated carbocycles. The molecule has 0 saturated heterocycles. The average Bonchev–Trinajstić information content (AvgIpc) is 3.00. The van der Waals surface area contributed by atoms with Crippen molar-refractivity contribution in [2.45, 2.75) is 26.3 Å². The van der Waals surface area contributed by atoms with Crippen molar-refractivity contribution >= 4 is 23.2 Å². The number of nitrogens with zero attached hydrogens (tertiary/aromatic N) is 3. The van der Waals surface area contributed by atoms with Crippen molar-refractivity contribution in [3.05, 3.63) is 46.2 Å². The van der Waals surface area contributed by atoms with Crippen LogP contribution in [0.1, 0.15) is 40.4 Å². The number of aromatic nitrogens is 2. The maximum Gasteiger partial charge on any atom is 0.356 e. The Hall–Kier alpha value is -2.28. The summed E-state index contributed by atoms with van der Waals surface area (Å²) in [6.45, 7) is 4.44. The van der Waals surface area contributed by atoms with Gasteiger partial charge in [0.05, 0.1) is 12.4 Å². The summed E-state index contributed by atoms with van der Waals surface area (Å²) in [5.41, 5.74) is 1.17. The molecule has 0 spiro atoms. The molecule has 1 unspecified atom stereocenters. The van der Waals surface area contributed by atoms with Crippen LogP contribution in [0.5, 0.6) is 0 Å². The third-order valence-electron chi connectivity index (χ3n) is 3.33. The van der Waals surface area contributed by atoms with Gasteiger partial charge in [0.25, 0.3) is 5.91 Å². The Bertz CT molecular complexity index is 641. The Morgan fingerprint density at radius 3 is 2.50 bits per heavy atom. The topological polar surface area (TPSA) is 83.4 Å². The second-order valence-corrected chi connectivity index (χ2v) is 5.65. The number of carboxylic acids is 1. The lowest BCUT2D eigenvalue weighted by molar-refractivity contribution is 0.0675. The van der Waals surface area contributed by atoms with E-state index in [0.717, 1.165) is 12.6 Å². The highest BCUT2D eigenvalue weighted by atomic mass is 32.1. The molecule has 6 nitrogen and oxygen atoms in total. The fraction of sp³-hybridized carbons (Fsp3) is 0.333. The predicted octanol–water partition coefficient (Wildman–Crippen LogP) is 2.33. The van der Waals surface area contributed by atoms with E-state index in [1.807, 2.05) is 25.3 Å². The van der Waals surface area contributed by atoms with Crippen LogP contribution >= 0.6 is 11.3 Å². The fourth-order valence-corrected chi connectivity index (χ4v) is 2.89. The number of likely N-dealkylation sites (N-methyl/N-ethyl adjacent to an activating group) is 1. The Kier molecular flexibility index (Phi) is 5.21. The molecule has 0 aliphatic rings. The van der Waals surface area contributed by atoms with Crippen molar-refractivity contribution in [1.82, 2.24) is 14.9 Å². The highest BCUT2D eigenvalue weighted by molar-refractivity contribution is 7.07. The number of carbonyl (C=O) groups is 2. The van der Waals surface area contributed by atoms with Gasteiger partial charge in [-0.1, -0.05) is 0 Å². The van der Waals surface area contributed by atoms with Crippen LogP contribution in [0.25, 0.3) is 0 Å². The summed E-state index contributed by atoms with van der Waals surface area (Å²) >= 11 is 1.63. The third kappa shape index (κ3) is 3.67. The molecule has 0 aliphatic heterocycles. The second-order valence-electron chi connectivity index (χ2n) is 4.87. The lowest BCUT2D eigenvalue weighted by atomic mass is 10.1. The molecule has 1 atom stereocenters. The minimum absolute atomic E-state index is 0.0213. The minimum Gasteiger partial charge on any atom is -0.476 e. The summed E-state index contributed by atoms with van der Waals surface area (Å²) in [5, 5.41) is 12.9. The van der Waals surface area contributed by atoms with Crippen LogP contribution in [0.2, 0.25) is 0 Å². The van der Waals surface area contributed by atoms with Crippen LogP contribution in [-0.2, 0) is 6.42 Å². The van der Waals surface area contributed by atoms with Gasteiger partial charge in [-0.3, -0.25) is 4.79 Å². The van der Waals surface area contributed by atoms with E-state index in [4.69, 9.17) is 5.11 Å². The molecule has 116 valence electrons. The van der Waals surface area contributed by atoms with Crippen molar-refractivity contribution in [2.24, 2.45) is 0 Å². The number of aromatic carboxylic acids is 1. The molecule has 22 heavy (non-hydrogen) atoms. The first-order chi connectivity index (χ1) is 10.5. The number of carbonyl (C=O) groups excluding carboxylic acids is 1. The molecular weight excluding hydrogens is 302 g/mol. The largest absolute Gasteiger partial charge is 0.476 e. The van der Waals surface area contributed by atoms with Gasteiger partial charge in [-0.05, 0) is 42.7 Å². The summed E-state index contributed by atoms with van der Waals surface area (Å²) in [6, 6.07) is 2.06. The maximum atomic E-state index is 12.5. The Balaban J connectivity index is 2.12. The average molecular weight is 319 g/mol. The normalized spacial score (nSPS) is 11.9. The van der Waals surface area contributed by atoms with Gasteiger partial charge < -0.3 is 10.0 Å². The first kappa shape index (κ1) is 16.1. The molecule has 2 aromatic rings. The standard InChI is InChI=1S/C15H17N3O3S/c1-3-18(10(2)6-11-4-5-22-9-11)14(19)12-7-17-13(8-16-12)15(20)21/h4-5,7-10H,3,6H2,1-2H3,(H,20,21). The zero-order chi connectivity index (χ0) is 16.1. The van der Waals surface area contributed by atoms with Gasteiger partial charge in [0.15, 0.2) is 5.69 Å². The van der Waals surface area contributed by atoms with Gasteiger partial charge in [0.1, 0.15) is 5.69 Å². The van der Waals surface area contributed by atoms with E-state index >= 15 is 0 Å². The van der Waals surface area contributed by atoms with Gasteiger partial charge in [-0.15, -0.1) is 0 Å². The molecule has 0 fully saturated rings. The third-order valence-corrected chi connectivity index (χ3v) is 4.07. The Morgan fingerprint density at radius 1 is 1.32 bits per heavy atom. The molecule has 0 bridgehead atoms. The molecular formula is C15H17N3O3S. The van der Waals surface area contributed by atoms with Crippen molar-refractivity contribution in [2.75, 3.05) is 6.54 Å². The quantitative estimate of drug-likeness (QED) is 0.883. The molecule has 0 aromatic carbocycles. The predicted molar refractivity (Wildman–Crippen MR) is 83.2 cm³/mol. The van der Waals surface area contributed by atoms with E-state index in [0.29, 0.717) is 6.54 Å². The summed E-state index contributed by atoms with van der Waals surface area (Å²) in [7, 11) is 0. The van der Waals surface area contributed by atoms with E-state index in [2.05, 4.69) is 15.3 Å². The fourth-order valence-electron chi connectivity index (χ4n) is 2.21. The highest BCUT2D eigenvalue weighted by Crippen LogP contribution is 2.14. The zero-order valence-electron chi connectivity index (χ0n) is 12.4. The molecule has 2 aromatic heterocycles. The van der Waals surface area contributed by atoms with E-state index in [-0.39, 0.29) is 23.3 Å². The number of rotatable bonds is 6. The van der Waals surface area contributed by atoms with Crippen LogP contribution in [0.15, 0.2) is 29.2 Å². The summed E-state index contributed by atoms with van der Waals surface area (Å²) in [4.78, 5) is 32.6. The number of thiophene rings is 1. The minimum atomic E-state index is -1.16. The first-order valence-electron chi connectivity index (χ1n) is 6.90. The SMILES string of the molecule is CCN(C(=O)c1cnc(C(=O)O)cn1)C(C)Cc1ccsc1. The summed E-state index contributed by atoms with van der Waals surface area (Å²) in [6.07, 6.45) is 3.09. The maximum absolute atomic E-state index is 12.5. The van der Waals surface area contributed by atoms with Crippen LogP contribution < -0.4 is 0 Å². The lowest BCUT2D eigenvalue weighted by Gasteiger charge is -2.27. The molecule has 7 heteroatoms. The molecule has 2 rings (SSSR count). The van der Waals surface area contributed by atoms with Crippen molar-refractivity contribution in [3.8, 4) is 0 Å². The van der Waals surface area contributed by atoms with Crippen LogP contribution in [-0.4, -0.2) is 44.4 Å². The monoisotopic (exact) mass is 319 g/mol. The summed E-state index contributed by atoms with van der Waals surface area (Å²) < 4.78 is 0. The molecule has 2 heterocycles. The Labute approximate surface area is 132 Å². The number of hydrogen-bond donors (Lipinski definition) is 1. The van der Waals surface area contributed by atoms with Gasteiger partial charge in [0.2, 0.25) is 0 Å². The Morgan fingerprint density at radius 2 is 2.00 bits per heavy atom. The van der Waals surface area contributed by atoms with Crippen molar-refractivity contribution < 1.29 is 14.7 Å². The number of carboxylic acid groups (broad SMARTS) is 1. The van der Waals surface area contributed by atoms with Gasteiger partial charge in [0, 0.05) is 12.6 Å². The first-order valence-corrected chi connectivity index (χ1v) is 7.84. The second kappa shape index (κ2) is 7.13. The molecule has 1 N–H and O–H groups in total. The van der Waals surface area contributed by atoms with E-state index in [9.17, 15) is 9.59 Å².